The van der Waals surface area contributed by atoms with Crippen molar-refractivity contribution in [2.75, 3.05) is 18.5 Å². The van der Waals surface area contributed by atoms with Crippen LogP contribution in [-0.4, -0.2) is 62.4 Å². The highest BCUT2D eigenvalue weighted by molar-refractivity contribution is 5.99. The number of hydrogen-bond donors (Lipinski definition) is 2. The quantitative estimate of drug-likeness (QED) is 0.509. The summed E-state index contributed by atoms with van der Waals surface area (Å²) in [6, 6.07) is -0.765. The summed E-state index contributed by atoms with van der Waals surface area (Å²) >= 11 is 0. The number of fused-ring (bicyclic) bond motifs is 1. The third-order valence-electron chi connectivity index (χ3n) is 6.75. The maximum absolute atomic E-state index is 13.6. The van der Waals surface area contributed by atoms with E-state index >= 15 is 0 Å². The average molecular weight is 459 g/mol. The molecule has 4 atom stereocenters. The second-order valence-corrected chi connectivity index (χ2v) is 9.16. The van der Waals surface area contributed by atoms with Gasteiger partial charge in [-0.15, -0.1) is 0 Å². The zero-order chi connectivity index (χ0) is 23.9. The molecule has 0 bridgehead atoms. The van der Waals surface area contributed by atoms with Crippen molar-refractivity contribution in [1.29, 1.82) is 0 Å². The maximum Gasteiger partial charge on any atom is 0.303 e. The van der Waals surface area contributed by atoms with Crippen LogP contribution in [0, 0.1) is 6.92 Å². The smallest absolute Gasteiger partial charge is 0.303 e. The van der Waals surface area contributed by atoms with Crippen LogP contribution in [0.2, 0.25) is 0 Å². The molecule has 1 aliphatic heterocycles. The topological polar surface area (TPSA) is 133 Å². The van der Waals surface area contributed by atoms with Gasteiger partial charge in [0.1, 0.15) is 11.2 Å². The summed E-state index contributed by atoms with van der Waals surface area (Å²) in [4.78, 5) is 46.9. The first kappa shape index (κ1) is 23.3. The van der Waals surface area contributed by atoms with Crippen LogP contribution in [0.4, 0.5) is 5.95 Å². The summed E-state index contributed by atoms with van der Waals surface area (Å²) in [5.74, 6) is -0.497. The number of esters is 1. The fourth-order valence-corrected chi connectivity index (χ4v) is 5.13. The van der Waals surface area contributed by atoms with Crippen molar-refractivity contribution < 1.29 is 24.2 Å². The predicted molar refractivity (Wildman–Crippen MR) is 120 cm³/mol. The Hall–Kier alpha value is -2.85. The van der Waals surface area contributed by atoms with E-state index in [9.17, 15) is 19.5 Å². The number of carbonyl (C=O) groups is 2. The van der Waals surface area contributed by atoms with Crippen molar-refractivity contribution in [2.45, 2.75) is 77.2 Å². The Morgan fingerprint density at radius 2 is 2.09 bits per heavy atom. The zero-order valence-corrected chi connectivity index (χ0v) is 19.4. The second kappa shape index (κ2) is 8.83. The predicted octanol–water partition coefficient (Wildman–Crippen LogP) is 1.91. The molecule has 178 valence electrons. The third-order valence-corrected chi connectivity index (χ3v) is 6.75. The van der Waals surface area contributed by atoms with Gasteiger partial charge in [0.05, 0.1) is 30.4 Å². The van der Waals surface area contributed by atoms with Crippen molar-refractivity contribution in [2.24, 2.45) is 0 Å². The number of aliphatic hydroxyl groups is 1. The highest BCUT2D eigenvalue weighted by Gasteiger charge is 2.44. The largest absolute Gasteiger partial charge is 0.457 e. The zero-order valence-electron chi connectivity index (χ0n) is 19.4. The third kappa shape index (κ3) is 4.24. The van der Waals surface area contributed by atoms with Gasteiger partial charge in [-0.3, -0.25) is 19.0 Å². The Labute approximate surface area is 191 Å². The van der Waals surface area contributed by atoms with Gasteiger partial charge in [0, 0.05) is 25.1 Å². The van der Waals surface area contributed by atoms with E-state index in [0.717, 1.165) is 6.42 Å². The molecule has 10 nitrogen and oxygen atoms in total. The van der Waals surface area contributed by atoms with Crippen LogP contribution in [0.5, 0.6) is 0 Å². The molecule has 1 saturated carbocycles. The Morgan fingerprint density at radius 3 is 2.76 bits per heavy atom. The molecule has 10 heteroatoms. The molecule has 2 aromatic rings. The number of anilines is 1. The van der Waals surface area contributed by atoms with Gasteiger partial charge in [0.25, 0.3) is 5.56 Å². The summed E-state index contributed by atoms with van der Waals surface area (Å²) in [5.41, 5.74) is -0.380. The van der Waals surface area contributed by atoms with Crippen LogP contribution in [0.25, 0.3) is 11.0 Å². The van der Waals surface area contributed by atoms with Gasteiger partial charge >= 0.3 is 5.97 Å². The number of ether oxygens (including phenoxy) is 2. The number of aliphatic hydroxyl groups excluding tert-OH is 1. The number of hydrogen-bond acceptors (Lipinski definition) is 9. The minimum absolute atomic E-state index is 0.0868. The van der Waals surface area contributed by atoms with E-state index in [1.165, 1.54) is 18.4 Å². The second-order valence-electron chi connectivity index (χ2n) is 9.16. The van der Waals surface area contributed by atoms with Crippen molar-refractivity contribution in [3.8, 4) is 0 Å². The molecule has 2 aromatic heterocycles. The van der Waals surface area contributed by atoms with Crippen molar-refractivity contribution >= 4 is 28.7 Å². The lowest BCUT2D eigenvalue weighted by atomic mass is 9.97. The van der Waals surface area contributed by atoms with Gasteiger partial charge in [-0.05, 0) is 52.0 Å². The first-order valence-electron chi connectivity index (χ1n) is 11.3. The number of aryl methyl sites for hydroxylation is 1. The molecule has 2 N–H and O–H groups in total. The van der Waals surface area contributed by atoms with Crippen LogP contribution in [0.1, 0.15) is 68.4 Å². The summed E-state index contributed by atoms with van der Waals surface area (Å²) in [6.07, 6.45) is 3.43. The van der Waals surface area contributed by atoms with E-state index in [1.54, 1.807) is 13.1 Å². The van der Waals surface area contributed by atoms with Crippen LogP contribution in [0.15, 0.2) is 11.0 Å². The summed E-state index contributed by atoms with van der Waals surface area (Å²) in [7, 11) is 0. The fraction of sp³-hybridized carbons (Fsp3) is 0.609. The molecule has 1 aliphatic carbocycles. The molecule has 0 aromatic carbocycles. The molecular weight excluding hydrogens is 428 g/mol. The van der Waals surface area contributed by atoms with Crippen molar-refractivity contribution in [3.05, 3.63) is 27.7 Å². The minimum atomic E-state index is -0.901. The number of aromatic nitrogens is 3. The molecule has 1 saturated heterocycles. The Kier molecular flexibility index (Phi) is 6.24. The Morgan fingerprint density at radius 1 is 1.33 bits per heavy atom. The number of nitrogens with zero attached hydrogens (tertiary/aromatic N) is 3. The monoisotopic (exact) mass is 458 g/mol. The average Bonchev–Trinajstić information content (AvgIpc) is 3.09. The molecule has 2 aliphatic rings. The molecule has 0 amide bonds. The maximum atomic E-state index is 13.6. The van der Waals surface area contributed by atoms with Crippen molar-refractivity contribution in [1.82, 2.24) is 14.5 Å². The van der Waals surface area contributed by atoms with E-state index in [-0.39, 0.29) is 29.9 Å². The summed E-state index contributed by atoms with van der Waals surface area (Å²) in [6.45, 7) is 6.97. The van der Waals surface area contributed by atoms with Crippen LogP contribution < -0.4 is 10.9 Å². The normalized spacial score (nSPS) is 27.5. The van der Waals surface area contributed by atoms with E-state index in [4.69, 9.17) is 9.47 Å². The van der Waals surface area contributed by atoms with Gasteiger partial charge in [0.2, 0.25) is 5.95 Å². The van der Waals surface area contributed by atoms with Gasteiger partial charge < -0.3 is 19.9 Å². The van der Waals surface area contributed by atoms with E-state index in [2.05, 4.69) is 15.3 Å². The lowest BCUT2D eigenvalue weighted by Gasteiger charge is -2.33. The number of rotatable bonds is 5. The van der Waals surface area contributed by atoms with E-state index in [0.29, 0.717) is 42.5 Å². The lowest BCUT2D eigenvalue weighted by Crippen LogP contribution is -2.43. The highest BCUT2D eigenvalue weighted by Crippen LogP contribution is 2.42. The van der Waals surface area contributed by atoms with E-state index in [1.807, 2.05) is 6.92 Å². The van der Waals surface area contributed by atoms with Crippen molar-refractivity contribution in [3.63, 3.8) is 0 Å². The van der Waals surface area contributed by atoms with Gasteiger partial charge in [-0.2, -0.15) is 4.98 Å². The molecular formula is C23H30N4O6. The first-order chi connectivity index (χ1) is 15.6. The number of carbonyl (C=O) groups excluding carboxylic acids is 2. The number of Topliss-reactive ketones (excluding diaryl/α,β-unsaturated/α-hetero) is 1. The minimum Gasteiger partial charge on any atom is -0.457 e. The van der Waals surface area contributed by atoms with E-state index < -0.39 is 29.3 Å². The standard InChI is InChI=1S/C23H30N4O6/c1-12-15-10-24-22(25-16-7-9-32-11-17(16)30)26-20(15)27(21(31)19(12)13(2)28)18-6-5-8-23(18,4)33-14(3)29/h10,16-18,30H,5-9,11H2,1-4H3,(H,24,25,26)/t16-,17-,18?,23?/m1/s1. The number of pyridine rings is 1. The molecule has 3 heterocycles. The van der Waals surface area contributed by atoms with Gasteiger partial charge in [0.15, 0.2) is 5.78 Å². The Bertz CT molecular complexity index is 1160. The van der Waals surface area contributed by atoms with Gasteiger partial charge in [-0.1, -0.05) is 0 Å². The highest BCUT2D eigenvalue weighted by atomic mass is 16.6. The SMILES string of the molecule is CC(=O)OC1(C)CCCC1n1c(=O)c(C(C)=O)c(C)c2cnc(N[C@@H]3CCOC[C@H]3O)nc21. The molecule has 0 radical (unpaired) electrons. The van der Waals surface area contributed by atoms with Crippen LogP contribution in [-0.2, 0) is 14.3 Å². The lowest BCUT2D eigenvalue weighted by molar-refractivity contribution is -0.158. The fourth-order valence-electron chi connectivity index (χ4n) is 5.13. The number of ketones is 1. The molecule has 4 rings (SSSR count). The molecule has 0 spiro atoms. The van der Waals surface area contributed by atoms with Gasteiger partial charge in [-0.25, -0.2) is 4.98 Å². The molecule has 2 unspecified atom stereocenters. The molecule has 2 fully saturated rings. The van der Waals surface area contributed by atoms with Crippen LogP contribution >= 0.6 is 0 Å². The summed E-state index contributed by atoms with van der Waals surface area (Å²) < 4.78 is 12.5. The van der Waals surface area contributed by atoms with Crippen LogP contribution in [0.3, 0.4) is 0 Å². The first-order valence-corrected chi connectivity index (χ1v) is 11.3. The summed E-state index contributed by atoms with van der Waals surface area (Å²) in [5, 5.41) is 14.0. The molecule has 33 heavy (non-hydrogen) atoms. The Balaban J connectivity index is 1.90. The number of nitrogens with one attached hydrogen (secondary N) is 1.